The first kappa shape index (κ1) is 14.8. The third-order valence-electron chi connectivity index (χ3n) is 3.20. The fraction of sp³-hybridized carbons (Fsp3) is 0.250. The molecular formula is C16H18N2O3. The number of ether oxygens (including phenoxy) is 1. The lowest BCUT2D eigenvalue weighted by molar-refractivity contribution is -0.122. The van der Waals surface area contributed by atoms with Crippen LogP contribution in [-0.2, 0) is 11.3 Å². The number of rotatable bonds is 5. The molecule has 0 saturated carbocycles. The first-order chi connectivity index (χ1) is 10.1. The molecule has 0 aliphatic rings. The van der Waals surface area contributed by atoms with Crippen molar-refractivity contribution >= 4 is 5.91 Å². The summed E-state index contributed by atoms with van der Waals surface area (Å²) in [7, 11) is 1.59. The highest BCUT2D eigenvalue weighted by atomic mass is 16.5. The van der Waals surface area contributed by atoms with E-state index in [1.165, 1.54) is 10.6 Å². The molecule has 0 saturated heterocycles. The summed E-state index contributed by atoms with van der Waals surface area (Å²) in [5.41, 5.74) is 0.700. The van der Waals surface area contributed by atoms with Gasteiger partial charge in [0, 0.05) is 17.8 Å². The maximum absolute atomic E-state index is 12.0. The van der Waals surface area contributed by atoms with Crippen LogP contribution in [0.5, 0.6) is 5.75 Å². The van der Waals surface area contributed by atoms with Crippen molar-refractivity contribution in [3.05, 3.63) is 64.6 Å². The first-order valence-electron chi connectivity index (χ1n) is 6.69. The Morgan fingerprint density at radius 3 is 2.67 bits per heavy atom. The Hall–Kier alpha value is -2.56. The molecular weight excluding hydrogens is 268 g/mol. The predicted molar refractivity (Wildman–Crippen MR) is 80.3 cm³/mol. The lowest BCUT2D eigenvalue weighted by Crippen LogP contribution is -2.33. The fourth-order valence-electron chi connectivity index (χ4n) is 2.14. The van der Waals surface area contributed by atoms with E-state index in [0.29, 0.717) is 0 Å². The van der Waals surface area contributed by atoms with Gasteiger partial charge in [0.15, 0.2) is 0 Å². The molecule has 5 heteroatoms. The van der Waals surface area contributed by atoms with Crippen molar-refractivity contribution in [3.63, 3.8) is 0 Å². The van der Waals surface area contributed by atoms with E-state index in [9.17, 15) is 9.59 Å². The van der Waals surface area contributed by atoms with E-state index >= 15 is 0 Å². The van der Waals surface area contributed by atoms with Crippen molar-refractivity contribution in [2.24, 2.45) is 0 Å². The summed E-state index contributed by atoms with van der Waals surface area (Å²) in [5, 5.41) is 2.87. The van der Waals surface area contributed by atoms with Gasteiger partial charge in [0.25, 0.3) is 5.56 Å². The number of methoxy groups -OCH3 is 1. The van der Waals surface area contributed by atoms with Gasteiger partial charge in [0.2, 0.25) is 5.91 Å². The Morgan fingerprint density at radius 1 is 1.24 bits per heavy atom. The second-order valence-corrected chi connectivity index (χ2v) is 4.70. The molecule has 1 amide bonds. The summed E-state index contributed by atoms with van der Waals surface area (Å²) >= 11 is 0. The summed E-state index contributed by atoms with van der Waals surface area (Å²) in [5.74, 6) is 0.504. The van der Waals surface area contributed by atoms with Crippen molar-refractivity contribution in [2.45, 2.75) is 19.5 Å². The molecule has 0 aliphatic heterocycles. The Bertz CT molecular complexity index is 679. The molecule has 1 N–H and O–H groups in total. The molecule has 0 unspecified atom stereocenters. The quantitative estimate of drug-likeness (QED) is 0.910. The second kappa shape index (κ2) is 6.74. The molecule has 0 aliphatic carbocycles. The molecule has 5 nitrogen and oxygen atoms in total. The maximum atomic E-state index is 12.0. The number of carbonyl (C=O) groups excluding carboxylic acids is 1. The lowest BCUT2D eigenvalue weighted by Gasteiger charge is -2.17. The van der Waals surface area contributed by atoms with Crippen molar-refractivity contribution in [1.29, 1.82) is 0 Å². The van der Waals surface area contributed by atoms with Gasteiger partial charge in [0.05, 0.1) is 13.2 Å². The minimum Gasteiger partial charge on any atom is -0.496 e. The fourth-order valence-corrected chi connectivity index (χ4v) is 2.14. The number of benzene rings is 1. The van der Waals surface area contributed by atoms with Crippen LogP contribution in [0.2, 0.25) is 0 Å². The highest BCUT2D eigenvalue weighted by Crippen LogP contribution is 2.24. The lowest BCUT2D eigenvalue weighted by atomic mass is 10.1. The van der Waals surface area contributed by atoms with Gasteiger partial charge in [0.1, 0.15) is 12.3 Å². The molecule has 2 aromatic rings. The van der Waals surface area contributed by atoms with Crippen molar-refractivity contribution < 1.29 is 9.53 Å². The zero-order valence-electron chi connectivity index (χ0n) is 12.1. The van der Waals surface area contributed by atoms with Crippen molar-refractivity contribution in [2.75, 3.05) is 7.11 Å². The highest BCUT2D eigenvalue weighted by Gasteiger charge is 2.13. The van der Waals surface area contributed by atoms with Gasteiger partial charge >= 0.3 is 0 Å². The minimum atomic E-state index is -0.221. The number of amides is 1. The number of nitrogens with one attached hydrogen (secondary N) is 1. The molecule has 2 rings (SSSR count). The average Bonchev–Trinajstić information content (AvgIpc) is 2.49. The monoisotopic (exact) mass is 286 g/mol. The van der Waals surface area contributed by atoms with Gasteiger partial charge in [-0.1, -0.05) is 24.3 Å². The van der Waals surface area contributed by atoms with Crippen LogP contribution in [0.1, 0.15) is 18.5 Å². The number of hydrogen-bond donors (Lipinski definition) is 1. The van der Waals surface area contributed by atoms with Crippen LogP contribution in [-0.4, -0.2) is 17.6 Å². The van der Waals surface area contributed by atoms with Crippen LogP contribution < -0.4 is 15.6 Å². The molecule has 0 radical (unpaired) electrons. The van der Waals surface area contributed by atoms with Crippen LogP contribution >= 0.6 is 0 Å². The molecule has 0 bridgehead atoms. The number of aromatic nitrogens is 1. The van der Waals surface area contributed by atoms with Crippen LogP contribution in [0.15, 0.2) is 53.5 Å². The Labute approximate surface area is 123 Å². The van der Waals surface area contributed by atoms with Gasteiger partial charge in [-0.2, -0.15) is 0 Å². The van der Waals surface area contributed by atoms with E-state index in [-0.39, 0.29) is 24.1 Å². The molecule has 1 atom stereocenters. The molecule has 0 spiro atoms. The molecule has 21 heavy (non-hydrogen) atoms. The third-order valence-corrected chi connectivity index (χ3v) is 3.20. The van der Waals surface area contributed by atoms with Gasteiger partial charge in [-0.15, -0.1) is 0 Å². The van der Waals surface area contributed by atoms with Gasteiger partial charge in [-0.25, -0.2) is 0 Å². The largest absolute Gasteiger partial charge is 0.496 e. The molecule has 1 aromatic heterocycles. The highest BCUT2D eigenvalue weighted by molar-refractivity contribution is 5.76. The number of para-hydroxylation sites is 1. The maximum Gasteiger partial charge on any atom is 0.250 e. The Kier molecular flexibility index (Phi) is 4.77. The van der Waals surface area contributed by atoms with E-state index in [0.717, 1.165) is 11.3 Å². The number of hydrogen-bond acceptors (Lipinski definition) is 3. The van der Waals surface area contributed by atoms with E-state index < -0.39 is 0 Å². The normalized spacial score (nSPS) is 11.7. The second-order valence-electron chi connectivity index (χ2n) is 4.70. The number of nitrogens with zero attached hydrogens (tertiary/aromatic N) is 1. The van der Waals surface area contributed by atoms with E-state index in [4.69, 9.17) is 4.74 Å². The standard InChI is InChI=1S/C16H18N2O3/c1-12(13-7-3-4-8-14(13)21-2)17-15(19)11-18-10-6-5-9-16(18)20/h3-10,12H,11H2,1-2H3,(H,17,19)/t12-/m1/s1. The van der Waals surface area contributed by atoms with Crippen LogP contribution in [0.4, 0.5) is 0 Å². The van der Waals surface area contributed by atoms with Gasteiger partial charge in [-0.05, 0) is 19.1 Å². The Balaban J connectivity index is 2.06. The van der Waals surface area contributed by atoms with Gasteiger partial charge in [-0.3, -0.25) is 9.59 Å². The molecule has 1 heterocycles. The van der Waals surface area contributed by atoms with Gasteiger partial charge < -0.3 is 14.6 Å². The summed E-state index contributed by atoms with van der Waals surface area (Å²) in [6, 6.07) is 12.1. The van der Waals surface area contributed by atoms with Crippen LogP contribution in [0.3, 0.4) is 0 Å². The summed E-state index contributed by atoms with van der Waals surface area (Å²) in [6.07, 6.45) is 1.59. The third kappa shape index (κ3) is 3.72. The average molecular weight is 286 g/mol. The Morgan fingerprint density at radius 2 is 1.95 bits per heavy atom. The summed E-state index contributed by atoms with van der Waals surface area (Å²) in [6.45, 7) is 1.88. The first-order valence-corrected chi connectivity index (χ1v) is 6.69. The molecule has 0 fully saturated rings. The minimum absolute atomic E-state index is 0.000831. The number of carbonyl (C=O) groups is 1. The zero-order valence-corrected chi connectivity index (χ0v) is 12.1. The topological polar surface area (TPSA) is 60.3 Å². The van der Waals surface area contributed by atoms with E-state index in [2.05, 4.69) is 5.32 Å². The van der Waals surface area contributed by atoms with E-state index in [1.54, 1.807) is 25.4 Å². The zero-order chi connectivity index (χ0) is 15.2. The van der Waals surface area contributed by atoms with Crippen LogP contribution in [0, 0.1) is 0 Å². The molecule has 1 aromatic carbocycles. The van der Waals surface area contributed by atoms with Crippen molar-refractivity contribution in [1.82, 2.24) is 9.88 Å². The molecule has 110 valence electrons. The van der Waals surface area contributed by atoms with Crippen LogP contribution in [0.25, 0.3) is 0 Å². The smallest absolute Gasteiger partial charge is 0.250 e. The SMILES string of the molecule is COc1ccccc1[C@@H](C)NC(=O)Cn1ccccc1=O. The number of pyridine rings is 1. The summed E-state index contributed by atoms with van der Waals surface area (Å²) in [4.78, 5) is 23.6. The van der Waals surface area contributed by atoms with E-state index in [1.807, 2.05) is 31.2 Å². The predicted octanol–water partition coefficient (Wildman–Crippen LogP) is 1.73. The van der Waals surface area contributed by atoms with Crippen molar-refractivity contribution in [3.8, 4) is 5.75 Å². The summed E-state index contributed by atoms with van der Waals surface area (Å²) < 4.78 is 6.64.